The molecule has 2 aromatic rings. The fourth-order valence-electron chi connectivity index (χ4n) is 1.83. The molecule has 0 fully saturated rings. The molecule has 2 rings (SSSR count). The number of methoxy groups -OCH3 is 1. The highest BCUT2D eigenvalue weighted by molar-refractivity contribution is 5.93. The Morgan fingerprint density at radius 2 is 1.35 bits per heavy atom. The summed E-state index contributed by atoms with van der Waals surface area (Å²) in [5, 5.41) is 5.33. The van der Waals surface area contributed by atoms with Crippen LogP contribution in [0, 0.1) is 0 Å². The van der Waals surface area contributed by atoms with Gasteiger partial charge in [-0.05, 0) is 36.4 Å². The third kappa shape index (κ3) is 5.80. The molecule has 0 aromatic heterocycles. The molecule has 0 aliphatic rings. The first-order valence-corrected chi connectivity index (χ1v) is 7.04. The van der Waals surface area contributed by atoms with Gasteiger partial charge in [0.15, 0.2) is 0 Å². The van der Waals surface area contributed by atoms with Gasteiger partial charge in [0.25, 0.3) is 0 Å². The van der Waals surface area contributed by atoms with E-state index in [9.17, 15) is 9.59 Å². The van der Waals surface area contributed by atoms with Crippen LogP contribution in [-0.4, -0.2) is 32.1 Å². The Morgan fingerprint density at radius 3 is 1.87 bits per heavy atom. The van der Waals surface area contributed by atoms with Crippen molar-refractivity contribution < 1.29 is 19.1 Å². The average molecular weight is 314 g/mol. The molecule has 0 heterocycles. The highest BCUT2D eigenvalue weighted by Gasteiger charge is 2.06. The lowest BCUT2D eigenvalue weighted by molar-refractivity contribution is -0.125. The predicted molar refractivity (Wildman–Crippen MR) is 87.5 cm³/mol. The number of ether oxygens (including phenoxy) is 2. The zero-order valence-electron chi connectivity index (χ0n) is 12.7. The van der Waals surface area contributed by atoms with Gasteiger partial charge in [0.2, 0.25) is 11.8 Å². The van der Waals surface area contributed by atoms with E-state index in [-0.39, 0.29) is 25.0 Å². The number of nitrogens with one attached hydrogen (secondary N) is 2. The van der Waals surface area contributed by atoms with Crippen molar-refractivity contribution in [1.29, 1.82) is 0 Å². The van der Waals surface area contributed by atoms with Crippen LogP contribution in [-0.2, 0) is 14.3 Å². The second-order valence-electron chi connectivity index (χ2n) is 4.68. The van der Waals surface area contributed by atoms with Crippen LogP contribution in [0.25, 0.3) is 0 Å². The van der Waals surface area contributed by atoms with Crippen LogP contribution >= 0.6 is 0 Å². The van der Waals surface area contributed by atoms with Crippen LogP contribution in [0.2, 0.25) is 0 Å². The summed E-state index contributed by atoms with van der Waals surface area (Å²) in [6.45, 7) is -0.390. The van der Waals surface area contributed by atoms with Gasteiger partial charge < -0.3 is 20.1 Å². The van der Waals surface area contributed by atoms with Gasteiger partial charge in [-0.2, -0.15) is 0 Å². The van der Waals surface area contributed by atoms with Gasteiger partial charge in [-0.25, -0.2) is 0 Å². The molecule has 0 saturated carbocycles. The second kappa shape index (κ2) is 8.55. The van der Waals surface area contributed by atoms with Gasteiger partial charge in [-0.15, -0.1) is 0 Å². The SMILES string of the molecule is COc1ccc(NC(=O)COCC(=O)Nc2ccccc2)cc1. The van der Waals surface area contributed by atoms with Crippen LogP contribution in [0.5, 0.6) is 5.75 Å². The third-order valence-electron chi connectivity index (χ3n) is 2.90. The molecule has 6 heteroatoms. The van der Waals surface area contributed by atoms with E-state index >= 15 is 0 Å². The van der Waals surface area contributed by atoms with Crippen molar-refractivity contribution in [2.45, 2.75) is 0 Å². The topological polar surface area (TPSA) is 76.7 Å². The van der Waals surface area contributed by atoms with Crippen LogP contribution < -0.4 is 15.4 Å². The maximum absolute atomic E-state index is 11.7. The summed E-state index contributed by atoms with van der Waals surface area (Å²) in [5.41, 5.74) is 1.32. The first-order valence-electron chi connectivity index (χ1n) is 7.04. The maximum atomic E-state index is 11.7. The van der Waals surface area contributed by atoms with Gasteiger partial charge in [0, 0.05) is 11.4 Å². The minimum atomic E-state index is -0.331. The quantitative estimate of drug-likeness (QED) is 0.822. The normalized spacial score (nSPS) is 9.96. The van der Waals surface area contributed by atoms with E-state index in [1.165, 1.54) is 0 Å². The van der Waals surface area contributed by atoms with Crippen molar-refractivity contribution in [2.24, 2.45) is 0 Å². The standard InChI is InChI=1S/C17H18N2O4/c1-22-15-9-7-14(8-10-15)19-17(21)12-23-11-16(20)18-13-5-3-2-4-6-13/h2-10H,11-12H2,1H3,(H,18,20)(H,19,21). The number of carbonyl (C=O) groups is 2. The highest BCUT2D eigenvalue weighted by Crippen LogP contribution is 2.14. The molecule has 6 nitrogen and oxygen atoms in total. The Labute approximate surface area is 134 Å². The molecule has 120 valence electrons. The van der Waals surface area contributed by atoms with Gasteiger partial charge in [-0.3, -0.25) is 9.59 Å². The number of hydrogen-bond donors (Lipinski definition) is 2. The van der Waals surface area contributed by atoms with Crippen LogP contribution in [0.4, 0.5) is 11.4 Å². The number of amides is 2. The van der Waals surface area contributed by atoms with Crippen molar-refractivity contribution >= 4 is 23.2 Å². The molecular weight excluding hydrogens is 296 g/mol. The Bertz CT molecular complexity index is 641. The molecule has 2 amide bonds. The van der Waals surface area contributed by atoms with Crippen LogP contribution in [0.1, 0.15) is 0 Å². The average Bonchev–Trinajstić information content (AvgIpc) is 2.56. The Morgan fingerprint density at radius 1 is 0.826 bits per heavy atom. The van der Waals surface area contributed by atoms with Crippen molar-refractivity contribution in [1.82, 2.24) is 0 Å². The molecule has 0 aliphatic heterocycles. The Kier molecular flexibility index (Phi) is 6.14. The van der Waals surface area contributed by atoms with Crippen molar-refractivity contribution in [3.8, 4) is 5.75 Å². The summed E-state index contributed by atoms with van der Waals surface area (Å²) >= 11 is 0. The molecule has 0 atom stereocenters. The fraction of sp³-hybridized carbons (Fsp3) is 0.176. The number of hydrogen-bond acceptors (Lipinski definition) is 4. The van der Waals surface area contributed by atoms with Gasteiger partial charge in [-0.1, -0.05) is 18.2 Å². The molecule has 0 spiro atoms. The molecule has 0 radical (unpaired) electrons. The molecule has 2 aromatic carbocycles. The monoisotopic (exact) mass is 314 g/mol. The molecule has 0 unspecified atom stereocenters. The van der Waals surface area contributed by atoms with Gasteiger partial charge in [0.1, 0.15) is 19.0 Å². The number of para-hydroxylation sites is 1. The van der Waals surface area contributed by atoms with E-state index in [2.05, 4.69) is 10.6 Å². The smallest absolute Gasteiger partial charge is 0.250 e. The molecule has 0 bridgehead atoms. The number of anilines is 2. The number of carbonyl (C=O) groups excluding carboxylic acids is 2. The van der Waals surface area contributed by atoms with Crippen molar-refractivity contribution in [3.63, 3.8) is 0 Å². The molecule has 0 saturated heterocycles. The first kappa shape index (κ1) is 16.5. The van der Waals surface area contributed by atoms with E-state index in [0.717, 1.165) is 0 Å². The van der Waals surface area contributed by atoms with E-state index < -0.39 is 0 Å². The molecule has 23 heavy (non-hydrogen) atoms. The minimum Gasteiger partial charge on any atom is -0.497 e. The van der Waals surface area contributed by atoms with Crippen molar-refractivity contribution in [2.75, 3.05) is 31.0 Å². The van der Waals surface area contributed by atoms with E-state index in [1.54, 1.807) is 43.5 Å². The lowest BCUT2D eigenvalue weighted by Gasteiger charge is -2.08. The minimum absolute atomic E-state index is 0.190. The summed E-state index contributed by atoms with van der Waals surface area (Å²) in [6, 6.07) is 16.0. The zero-order chi connectivity index (χ0) is 16.5. The van der Waals surface area contributed by atoms with Crippen LogP contribution in [0.15, 0.2) is 54.6 Å². The third-order valence-corrected chi connectivity index (χ3v) is 2.90. The largest absolute Gasteiger partial charge is 0.497 e. The summed E-state index contributed by atoms with van der Waals surface area (Å²) in [6.07, 6.45) is 0. The fourth-order valence-corrected chi connectivity index (χ4v) is 1.83. The van der Waals surface area contributed by atoms with E-state index in [1.807, 2.05) is 18.2 Å². The van der Waals surface area contributed by atoms with E-state index in [0.29, 0.717) is 17.1 Å². The lowest BCUT2D eigenvalue weighted by Crippen LogP contribution is -2.23. The number of benzene rings is 2. The summed E-state index contributed by atoms with van der Waals surface area (Å²) in [4.78, 5) is 23.3. The lowest BCUT2D eigenvalue weighted by atomic mass is 10.3. The Balaban J connectivity index is 1.68. The molecule has 2 N–H and O–H groups in total. The summed E-state index contributed by atoms with van der Waals surface area (Å²) in [7, 11) is 1.57. The molecular formula is C17H18N2O4. The molecule has 0 aliphatic carbocycles. The van der Waals surface area contributed by atoms with E-state index in [4.69, 9.17) is 9.47 Å². The predicted octanol–water partition coefficient (Wildman–Crippen LogP) is 2.29. The zero-order valence-corrected chi connectivity index (χ0v) is 12.7. The van der Waals surface area contributed by atoms with Gasteiger partial charge in [0.05, 0.1) is 7.11 Å². The van der Waals surface area contributed by atoms with Gasteiger partial charge >= 0.3 is 0 Å². The highest BCUT2D eigenvalue weighted by atomic mass is 16.5. The summed E-state index contributed by atoms with van der Waals surface area (Å²) in [5.74, 6) is 0.0629. The Hall–Kier alpha value is -2.86. The van der Waals surface area contributed by atoms with Crippen LogP contribution in [0.3, 0.4) is 0 Å². The maximum Gasteiger partial charge on any atom is 0.250 e. The second-order valence-corrected chi connectivity index (χ2v) is 4.68. The summed E-state index contributed by atoms with van der Waals surface area (Å²) < 4.78 is 10.1. The number of rotatable bonds is 7. The van der Waals surface area contributed by atoms with Crippen molar-refractivity contribution in [3.05, 3.63) is 54.6 Å². The first-order chi connectivity index (χ1) is 11.2.